The lowest BCUT2D eigenvalue weighted by Crippen LogP contribution is -2.14. The summed E-state index contributed by atoms with van der Waals surface area (Å²) in [6, 6.07) is 14.3. The Bertz CT molecular complexity index is 572. The number of halogens is 1. The molecule has 112 valence electrons. The van der Waals surface area contributed by atoms with Crippen molar-refractivity contribution in [1.29, 1.82) is 0 Å². The molecule has 0 atom stereocenters. The Morgan fingerprint density at radius 3 is 2.43 bits per heavy atom. The van der Waals surface area contributed by atoms with Gasteiger partial charge in [-0.15, -0.1) is 11.8 Å². The molecule has 0 amide bonds. The number of thioether (sulfide) groups is 1. The van der Waals surface area contributed by atoms with Crippen LogP contribution < -0.4 is 10.1 Å². The highest BCUT2D eigenvalue weighted by Gasteiger charge is 2.03. The van der Waals surface area contributed by atoms with Gasteiger partial charge in [-0.05, 0) is 61.2 Å². The molecule has 0 aliphatic heterocycles. The van der Waals surface area contributed by atoms with Crippen LogP contribution in [0.3, 0.4) is 0 Å². The number of nitrogens with one attached hydrogen (secondary N) is 1. The lowest BCUT2D eigenvalue weighted by Gasteiger charge is -2.10. The minimum absolute atomic E-state index is 0.845. The molecule has 2 rings (SSSR count). The molecule has 0 fully saturated rings. The average molecular weight is 366 g/mol. The first-order valence-corrected chi connectivity index (χ1v) is 9.05. The van der Waals surface area contributed by atoms with Crippen molar-refractivity contribution in [3.63, 3.8) is 0 Å². The van der Waals surface area contributed by atoms with Gasteiger partial charge in [0.2, 0.25) is 0 Å². The Labute approximate surface area is 139 Å². The summed E-state index contributed by atoms with van der Waals surface area (Å²) in [6.07, 6.45) is 3.21. The maximum Gasteiger partial charge on any atom is 0.128 e. The predicted octanol–water partition coefficient (Wildman–Crippen LogP) is 5.46. The molecule has 2 aromatic rings. The highest BCUT2D eigenvalue weighted by Crippen LogP contribution is 2.28. The van der Waals surface area contributed by atoms with E-state index in [2.05, 4.69) is 52.6 Å². The third kappa shape index (κ3) is 5.06. The third-order valence-corrected chi connectivity index (χ3v) is 4.54. The van der Waals surface area contributed by atoms with Gasteiger partial charge in [-0.2, -0.15) is 0 Å². The number of rotatable bonds is 7. The molecule has 0 saturated heterocycles. The minimum Gasteiger partial charge on any atom is -0.457 e. The van der Waals surface area contributed by atoms with E-state index in [-0.39, 0.29) is 0 Å². The lowest BCUT2D eigenvalue weighted by atomic mass is 10.2. The van der Waals surface area contributed by atoms with Crippen LogP contribution in [-0.2, 0) is 6.54 Å². The molecule has 2 aromatic carbocycles. The second kappa shape index (κ2) is 8.47. The fourth-order valence-electron chi connectivity index (χ4n) is 1.91. The van der Waals surface area contributed by atoms with Crippen LogP contribution in [0.25, 0.3) is 0 Å². The molecule has 2 nitrogen and oxygen atoms in total. The van der Waals surface area contributed by atoms with E-state index in [0.29, 0.717) is 0 Å². The van der Waals surface area contributed by atoms with E-state index < -0.39 is 0 Å². The van der Waals surface area contributed by atoms with Gasteiger partial charge in [0.25, 0.3) is 0 Å². The van der Waals surface area contributed by atoms with Crippen molar-refractivity contribution >= 4 is 27.7 Å². The maximum atomic E-state index is 5.88. The van der Waals surface area contributed by atoms with E-state index in [1.165, 1.54) is 10.5 Å². The van der Waals surface area contributed by atoms with E-state index in [1.54, 1.807) is 11.8 Å². The molecule has 0 bridgehead atoms. The van der Waals surface area contributed by atoms with Crippen LogP contribution in [0.4, 0.5) is 0 Å². The van der Waals surface area contributed by atoms with Gasteiger partial charge >= 0.3 is 0 Å². The standard InChI is InChI=1S/C17H20BrNOS/c1-3-10-19-12-13-4-5-15(11-17(13)18)20-14-6-8-16(21-2)9-7-14/h4-9,11,19H,3,10,12H2,1-2H3. The number of hydrogen-bond donors (Lipinski definition) is 1. The van der Waals surface area contributed by atoms with E-state index in [0.717, 1.165) is 35.5 Å². The summed E-state index contributed by atoms with van der Waals surface area (Å²) in [5, 5.41) is 3.40. The Hall–Kier alpha value is -0.970. The van der Waals surface area contributed by atoms with Crippen LogP contribution in [0.15, 0.2) is 51.8 Å². The number of benzene rings is 2. The monoisotopic (exact) mass is 365 g/mol. The lowest BCUT2D eigenvalue weighted by molar-refractivity contribution is 0.481. The minimum atomic E-state index is 0.845. The van der Waals surface area contributed by atoms with Gasteiger partial charge in [-0.25, -0.2) is 0 Å². The van der Waals surface area contributed by atoms with E-state index in [9.17, 15) is 0 Å². The fourth-order valence-corrected chi connectivity index (χ4v) is 2.82. The summed E-state index contributed by atoms with van der Waals surface area (Å²) < 4.78 is 6.95. The molecule has 21 heavy (non-hydrogen) atoms. The van der Waals surface area contributed by atoms with Gasteiger partial charge < -0.3 is 10.1 Å². The predicted molar refractivity (Wildman–Crippen MR) is 94.4 cm³/mol. The summed E-state index contributed by atoms with van der Waals surface area (Å²) in [6.45, 7) is 4.07. The van der Waals surface area contributed by atoms with Gasteiger partial charge in [-0.3, -0.25) is 0 Å². The molecule has 4 heteroatoms. The van der Waals surface area contributed by atoms with Crippen LogP contribution in [-0.4, -0.2) is 12.8 Å². The van der Waals surface area contributed by atoms with E-state index in [4.69, 9.17) is 4.74 Å². The van der Waals surface area contributed by atoms with Crippen LogP contribution in [0.5, 0.6) is 11.5 Å². The Morgan fingerprint density at radius 1 is 1.10 bits per heavy atom. The van der Waals surface area contributed by atoms with E-state index in [1.807, 2.05) is 24.3 Å². The zero-order chi connectivity index (χ0) is 15.1. The van der Waals surface area contributed by atoms with Crippen molar-refractivity contribution in [3.8, 4) is 11.5 Å². The number of ether oxygens (including phenoxy) is 1. The van der Waals surface area contributed by atoms with Crippen molar-refractivity contribution in [2.75, 3.05) is 12.8 Å². The van der Waals surface area contributed by atoms with Crippen LogP contribution in [0.2, 0.25) is 0 Å². The smallest absolute Gasteiger partial charge is 0.128 e. The topological polar surface area (TPSA) is 21.3 Å². The molecule has 0 heterocycles. The van der Waals surface area contributed by atoms with Crippen molar-refractivity contribution < 1.29 is 4.74 Å². The third-order valence-electron chi connectivity index (χ3n) is 3.06. The highest BCUT2D eigenvalue weighted by atomic mass is 79.9. The first-order chi connectivity index (χ1) is 10.2. The molecule has 0 aliphatic rings. The molecule has 0 aromatic heterocycles. The highest BCUT2D eigenvalue weighted by molar-refractivity contribution is 9.10. The quantitative estimate of drug-likeness (QED) is 0.519. The second-order valence-electron chi connectivity index (χ2n) is 4.71. The largest absolute Gasteiger partial charge is 0.457 e. The van der Waals surface area contributed by atoms with Crippen LogP contribution in [0.1, 0.15) is 18.9 Å². The van der Waals surface area contributed by atoms with Gasteiger partial charge in [0.15, 0.2) is 0 Å². The molecule has 0 spiro atoms. The Morgan fingerprint density at radius 2 is 1.81 bits per heavy atom. The van der Waals surface area contributed by atoms with Crippen LogP contribution >= 0.6 is 27.7 Å². The number of hydrogen-bond acceptors (Lipinski definition) is 3. The normalized spacial score (nSPS) is 10.6. The molecule has 1 N–H and O–H groups in total. The molecule has 0 aliphatic carbocycles. The van der Waals surface area contributed by atoms with Crippen molar-refractivity contribution in [1.82, 2.24) is 5.32 Å². The molecular weight excluding hydrogens is 346 g/mol. The zero-order valence-electron chi connectivity index (χ0n) is 12.4. The molecule has 0 saturated carbocycles. The SMILES string of the molecule is CCCNCc1ccc(Oc2ccc(SC)cc2)cc1Br. The fraction of sp³-hybridized carbons (Fsp3) is 0.294. The maximum absolute atomic E-state index is 5.88. The summed E-state index contributed by atoms with van der Waals surface area (Å²) in [5.74, 6) is 1.70. The Kier molecular flexibility index (Phi) is 6.61. The Balaban J connectivity index is 2.01. The first-order valence-electron chi connectivity index (χ1n) is 7.04. The zero-order valence-corrected chi connectivity index (χ0v) is 14.8. The molecule has 0 unspecified atom stereocenters. The van der Waals surface area contributed by atoms with Gasteiger partial charge in [0, 0.05) is 15.9 Å². The van der Waals surface area contributed by atoms with Crippen molar-refractivity contribution in [2.24, 2.45) is 0 Å². The van der Waals surface area contributed by atoms with Gasteiger partial charge in [0.1, 0.15) is 11.5 Å². The molecular formula is C17H20BrNOS. The van der Waals surface area contributed by atoms with Crippen LogP contribution in [0, 0.1) is 0 Å². The van der Waals surface area contributed by atoms with E-state index >= 15 is 0 Å². The van der Waals surface area contributed by atoms with Crippen molar-refractivity contribution in [2.45, 2.75) is 24.8 Å². The van der Waals surface area contributed by atoms with Gasteiger partial charge in [0.05, 0.1) is 0 Å². The van der Waals surface area contributed by atoms with Gasteiger partial charge in [-0.1, -0.05) is 28.9 Å². The summed E-state index contributed by atoms with van der Waals surface area (Å²) in [5.41, 5.74) is 1.24. The molecule has 0 radical (unpaired) electrons. The summed E-state index contributed by atoms with van der Waals surface area (Å²) >= 11 is 5.34. The summed E-state index contributed by atoms with van der Waals surface area (Å²) in [7, 11) is 0. The second-order valence-corrected chi connectivity index (χ2v) is 6.44. The first kappa shape index (κ1) is 16.4. The summed E-state index contributed by atoms with van der Waals surface area (Å²) in [4.78, 5) is 1.24. The van der Waals surface area contributed by atoms with Crippen molar-refractivity contribution in [3.05, 3.63) is 52.5 Å². The average Bonchev–Trinajstić information content (AvgIpc) is 2.50.